The Morgan fingerprint density at radius 2 is 1.20 bits per heavy atom. The number of imide groups is 2. The first-order chi connectivity index (χ1) is 21.2. The minimum absolute atomic E-state index is 0.0172. The molecule has 2 aliphatic heterocycles. The summed E-state index contributed by atoms with van der Waals surface area (Å²) < 4.78 is 5.36. The van der Waals surface area contributed by atoms with Crippen molar-refractivity contribution in [2.24, 2.45) is 35.0 Å². The van der Waals surface area contributed by atoms with Crippen LogP contribution in [-0.2, 0) is 28.7 Å². The number of aryl methyl sites for hydroxylation is 2. The maximum Gasteiger partial charge on any atom is 0.334 e. The van der Waals surface area contributed by atoms with Crippen LogP contribution in [-0.4, -0.2) is 46.1 Å². The number of carbonyl (C=O) groups is 5. The number of ether oxygens (including phenoxy) is 1. The molecule has 4 atom stereocenters. The minimum Gasteiger partial charge on any atom is -0.463 e. The highest BCUT2D eigenvalue weighted by molar-refractivity contribution is 6.27. The van der Waals surface area contributed by atoms with Crippen molar-refractivity contribution in [3.8, 4) is 0 Å². The zero-order chi connectivity index (χ0) is 32.9. The van der Waals surface area contributed by atoms with E-state index in [4.69, 9.17) is 4.74 Å². The number of hydrogen-bond donors (Lipinski definition) is 0. The highest BCUT2D eigenvalue weighted by Crippen LogP contribution is 2.69. The van der Waals surface area contributed by atoms with Crippen LogP contribution >= 0.6 is 0 Å². The van der Waals surface area contributed by atoms with Crippen LogP contribution < -0.4 is 9.80 Å². The first kappa shape index (κ1) is 29.8. The molecule has 0 radical (unpaired) electrons. The van der Waals surface area contributed by atoms with Crippen LogP contribution in [0.25, 0.3) is 0 Å². The number of anilines is 2. The highest BCUT2D eigenvalue weighted by atomic mass is 16.6. The number of amides is 4. The molecule has 1 saturated carbocycles. The Labute approximate surface area is 255 Å². The summed E-state index contributed by atoms with van der Waals surface area (Å²) >= 11 is 0. The van der Waals surface area contributed by atoms with Crippen LogP contribution in [0, 0.1) is 69.1 Å². The summed E-state index contributed by atoms with van der Waals surface area (Å²) in [7, 11) is 0. The van der Waals surface area contributed by atoms with E-state index in [1.54, 1.807) is 13.8 Å². The number of rotatable bonds is 6. The van der Waals surface area contributed by atoms with Crippen LogP contribution in [0.4, 0.5) is 22.7 Å². The quantitative estimate of drug-likeness (QED) is 0.201. The van der Waals surface area contributed by atoms with Gasteiger partial charge in [0.05, 0.1) is 51.5 Å². The zero-order valence-electron chi connectivity index (χ0n) is 24.9. The Morgan fingerprint density at radius 3 is 1.58 bits per heavy atom. The van der Waals surface area contributed by atoms with Crippen molar-refractivity contribution in [1.29, 1.82) is 0 Å². The summed E-state index contributed by atoms with van der Waals surface area (Å²) in [6.07, 6.45) is 0. The second-order valence-electron chi connectivity index (χ2n) is 12.1. The van der Waals surface area contributed by atoms with E-state index in [1.165, 1.54) is 45.0 Å². The summed E-state index contributed by atoms with van der Waals surface area (Å²) in [6.45, 7) is 7.69. The number of nitro groups is 2. The van der Waals surface area contributed by atoms with Gasteiger partial charge in [-0.2, -0.15) is 0 Å². The van der Waals surface area contributed by atoms with Crippen molar-refractivity contribution >= 4 is 52.3 Å². The molecule has 45 heavy (non-hydrogen) atoms. The van der Waals surface area contributed by atoms with Crippen LogP contribution in [0.15, 0.2) is 47.5 Å². The molecule has 5 aliphatic rings. The Hall–Kier alpha value is -5.27. The van der Waals surface area contributed by atoms with Gasteiger partial charge in [0.15, 0.2) is 0 Å². The third-order valence-corrected chi connectivity index (χ3v) is 9.98. The predicted molar refractivity (Wildman–Crippen MR) is 156 cm³/mol. The molecule has 2 bridgehead atoms. The molecule has 14 nitrogen and oxygen atoms in total. The van der Waals surface area contributed by atoms with E-state index in [9.17, 15) is 44.2 Å². The van der Waals surface area contributed by atoms with Gasteiger partial charge in [-0.15, -0.1) is 0 Å². The normalized spacial score (nSPS) is 28.5. The van der Waals surface area contributed by atoms with Crippen molar-refractivity contribution in [2.45, 2.75) is 34.6 Å². The number of esters is 1. The number of allylic oxidation sites excluding steroid dienone is 1. The SMILES string of the molecule is CCOC(=O)C1=C(C)C2C3C(=O)N(c4ccc(C)c([N+](=O)[O-])c4)C(=O)C3C1(C)C1C(=O)N(c3ccc(C)c([N+](=O)[O-])c3)C(=O)C21. The second-order valence-corrected chi connectivity index (χ2v) is 12.1. The molecule has 2 aromatic rings. The Bertz CT molecular complexity index is 1720. The molecule has 0 aromatic heterocycles. The maximum absolute atomic E-state index is 14.3. The van der Waals surface area contributed by atoms with E-state index in [1.807, 2.05) is 0 Å². The van der Waals surface area contributed by atoms with E-state index in [0.29, 0.717) is 16.7 Å². The van der Waals surface area contributed by atoms with Gasteiger partial charge < -0.3 is 4.74 Å². The second kappa shape index (κ2) is 9.87. The van der Waals surface area contributed by atoms with Gasteiger partial charge in [-0.05, 0) is 39.8 Å². The van der Waals surface area contributed by atoms with Crippen LogP contribution in [0.3, 0.4) is 0 Å². The lowest BCUT2D eigenvalue weighted by molar-refractivity contribution is -0.385. The average molecular weight is 617 g/mol. The summed E-state index contributed by atoms with van der Waals surface area (Å²) in [5.41, 5.74) is -1.36. The van der Waals surface area contributed by atoms with E-state index in [-0.39, 0.29) is 34.9 Å². The average Bonchev–Trinajstić information content (AvgIpc) is 3.39. The Balaban J connectivity index is 1.53. The molecule has 2 aromatic carbocycles. The molecule has 4 unspecified atom stereocenters. The van der Waals surface area contributed by atoms with Crippen LogP contribution in [0.1, 0.15) is 31.9 Å². The van der Waals surface area contributed by atoms with Crippen molar-refractivity contribution in [3.05, 3.63) is 78.9 Å². The standard InChI is InChI=1S/C31H28N4O10/c1-6-45-30(40)23-15(4)20-21-24(28(38)32(26(21)36)16-9-7-13(2)18(11-16)34(41)42)31(23,5)25-22(20)27(37)33(29(25)39)17-10-8-14(3)19(12-17)35(43)44/h7-12,20-22,24-25H,6H2,1-5H3. The largest absolute Gasteiger partial charge is 0.463 e. The monoisotopic (exact) mass is 616 g/mol. The Kier molecular flexibility index (Phi) is 6.53. The molecule has 3 fully saturated rings. The molecule has 14 heteroatoms. The van der Waals surface area contributed by atoms with Gasteiger partial charge in [-0.3, -0.25) is 39.4 Å². The molecule has 7 rings (SSSR count). The lowest BCUT2D eigenvalue weighted by atomic mass is 9.43. The van der Waals surface area contributed by atoms with Crippen molar-refractivity contribution < 1.29 is 38.6 Å². The van der Waals surface area contributed by atoms with Crippen molar-refractivity contribution in [1.82, 2.24) is 0 Å². The molecule has 0 spiro atoms. The van der Waals surface area contributed by atoms with E-state index >= 15 is 0 Å². The lowest BCUT2D eigenvalue weighted by Crippen LogP contribution is -2.61. The molecule has 2 heterocycles. The predicted octanol–water partition coefficient (Wildman–Crippen LogP) is 3.56. The van der Waals surface area contributed by atoms with E-state index < -0.39 is 74.4 Å². The minimum atomic E-state index is -1.70. The zero-order valence-corrected chi connectivity index (χ0v) is 24.9. The van der Waals surface area contributed by atoms with Gasteiger partial charge in [0.25, 0.3) is 11.4 Å². The molecular formula is C31H28N4O10. The van der Waals surface area contributed by atoms with E-state index in [0.717, 1.165) is 21.9 Å². The maximum atomic E-state index is 14.3. The third-order valence-electron chi connectivity index (χ3n) is 9.98. The molecule has 3 aliphatic carbocycles. The fraction of sp³-hybridized carbons (Fsp3) is 0.387. The van der Waals surface area contributed by atoms with Crippen LogP contribution in [0.5, 0.6) is 0 Å². The smallest absolute Gasteiger partial charge is 0.334 e. The summed E-state index contributed by atoms with van der Waals surface area (Å²) in [5, 5.41) is 23.3. The van der Waals surface area contributed by atoms with Crippen LogP contribution in [0.2, 0.25) is 0 Å². The van der Waals surface area contributed by atoms with Gasteiger partial charge in [-0.25, -0.2) is 14.6 Å². The lowest BCUT2D eigenvalue weighted by Gasteiger charge is -2.55. The third kappa shape index (κ3) is 3.77. The topological polar surface area (TPSA) is 187 Å². The first-order valence-electron chi connectivity index (χ1n) is 14.3. The fourth-order valence-corrected chi connectivity index (χ4v) is 8.19. The number of hydrogen-bond acceptors (Lipinski definition) is 10. The molecule has 232 valence electrons. The van der Waals surface area contributed by atoms with Gasteiger partial charge >= 0.3 is 5.97 Å². The van der Waals surface area contributed by atoms with Gasteiger partial charge in [0, 0.05) is 40.2 Å². The van der Waals surface area contributed by atoms with Crippen molar-refractivity contribution in [2.75, 3.05) is 16.4 Å². The van der Waals surface area contributed by atoms with Crippen molar-refractivity contribution in [3.63, 3.8) is 0 Å². The molecule has 2 saturated heterocycles. The van der Waals surface area contributed by atoms with Gasteiger partial charge in [-0.1, -0.05) is 24.6 Å². The highest BCUT2D eigenvalue weighted by Gasteiger charge is 2.77. The number of carbonyl (C=O) groups excluding carboxylic acids is 5. The summed E-state index contributed by atoms with van der Waals surface area (Å²) in [6, 6.07) is 7.91. The Morgan fingerprint density at radius 1 is 0.778 bits per heavy atom. The van der Waals surface area contributed by atoms with Gasteiger partial charge in [0.1, 0.15) is 0 Å². The summed E-state index contributed by atoms with van der Waals surface area (Å²) in [4.78, 5) is 94.3. The summed E-state index contributed by atoms with van der Waals surface area (Å²) in [5.74, 6) is -9.64. The fourth-order valence-electron chi connectivity index (χ4n) is 8.19. The molecule has 4 amide bonds. The molecule has 0 N–H and O–H groups in total. The first-order valence-corrected chi connectivity index (χ1v) is 14.3. The molecular weight excluding hydrogens is 588 g/mol. The van der Waals surface area contributed by atoms with E-state index in [2.05, 4.69) is 0 Å². The number of nitro benzene ring substituents is 2. The number of nitrogens with zero attached hydrogens (tertiary/aromatic N) is 4. The number of benzene rings is 2. The van der Waals surface area contributed by atoms with Gasteiger partial charge in [0.2, 0.25) is 23.6 Å².